The highest BCUT2D eigenvalue weighted by Gasteiger charge is 2.76. The summed E-state index contributed by atoms with van der Waals surface area (Å²) in [6.45, 7) is 16.8. The first-order chi connectivity index (χ1) is 34.8. The van der Waals surface area contributed by atoms with Crippen molar-refractivity contribution in [3.63, 3.8) is 0 Å². The van der Waals surface area contributed by atoms with Gasteiger partial charge in [0.2, 0.25) is 5.91 Å². The van der Waals surface area contributed by atoms with Crippen molar-refractivity contribution in [2.24, 2.45) is 22.7 Å². The van der Waals surface area contributed by atoms with Gasteiger partial charge in [0.05, 0.1) is 30.9 Å². The first kappa shape index (κ1) is 53.6. The number of benzene rings is 2. The number of epoxide rings is 1. The van der Waals surface area contributed by atoms with E-state index in [2.05, 4.69) is 75.6 Å². The first-order valence-electron chi connectivity index (χ1n) is 27.8. The number of esters is 2. The number of amides is 2. The Morgan fingerprint density at radius 1 is 0.918 bits per heavy atom. The summed E-state index contributed by atoms with van der Waals surface area (Å²) in [6.07, 6.45) is 13.3. The standard InChI is InChI=1S/C59H83N3O11/c1-9-11-13-27-58(28-14-12-10-2)71-48-45-33-59(54(67)60-34-39-16-15-17-41(31-39)52(65)61-42(36-63)23-25-47(64)70-55(3,4)5)50(53(66)68-45)62(73-51(59)49(48)72-58)35-38-20-18-37(19-21-38)30-40-22-24-46-57(8,69-46)29-26-44-43(40)32-56(44,6)7/h15-21,30-31,42-46,48-51,63H,9-14,22-29,32-36H2,1-8H3,(H,60,67)(H,61,65). The highest BCUT2D eigenvalue weighted by molar-refractivity contribution is 5.95. The summed E-state index contributed by atoms with van der Waals surface area (Å²) >= 11 is 0. The number of hydrogen-bond acceptors (Lipinski definition) is 12. The predicted octanol–water partition coefficient (Wildman–Crippen LogP) is 9.43. The molecule has 7 fully saturated rings. The fourth-order valence-electron chi connectivity index (χ4n) is 13.3. The molecule has 2 aromatic carbocycles. The highest BCUT2D eigenvalue weighted by Crippen LogP contribution is 2.61. The normalized spacial score (nSPS) is 32.6. The van der Waals surface area contributed by atoms with E-state index in [0.717, 1.165) is 68.9 Å². The Labute approximate surface area is 433 Å². The Morgan fingerprint density at radius 2 is 1.64 bits per heavy atom. The van der Waals surface area contributed by atoms with Crippen LogP contribution in [0, 0.1) is 22.7 Å². The molecule has 9 rings (SSSR count). The minimum atomic E-state index is -1.37. The van der Waals surface area contributed by atoms with Crippen LogP contribution in [0.2, 0.25) is 0 Å². The van der Waals surface area contributed by atoms with Gasteiger partial charge in [-0.2, -0.15) is 5.06 Å². The zero-order chi connectivity index (χ0) is 51.9. The van der Waals surface area contributed by atoms with Gasteiger partial charge in [-0.05, 0) is 125 Å². The topological polar surface area (TPSA) is 174 Å². The van der Waals surface area contributed by atoms with Gasteiger partial charge in [-0.25, -0.2) is 0 Å². The van der Waals surface area contributed by atoms with E-state index < -0.39 is 71.1 Å². The van der Waals surface area contributed by atoms with Crippen molar-refractivity contribution in [3.8, 4) is 0 Å². The lowest BCUT2D eigenvalue weighted by Gasteiger charge is -2.53. The molecular formula is C59H83N3O11. The third kappa shape index (κ3) is 11.4. The van der Waals surface area contributed by atoms with Crippen molar-refractivity contribution in [1.82, 2.24) is 15.7 Å². The molecule has 4 aliphatic heterocycles. The molecule has 73 heavy (non-hydrogen) atoms. The quantitative estimate of drug-likeness (QED) is 0.0653. The van der Waals surface area contributed by atoms with E-state index in [4.69, 9.17) is 28.5 Å². The maximum atomic E-state index is 15.3. The van der Waals surface area contributed by atoms with E-state index in [1.54, 1.807) is 44.0 Å². The van der Waals surface area contributed by atoms with Gasteiger partial charge in [0.1, 0.15) is 35.4 Å². The molecule has 0 spiro atoms. The molecule has 4 heterocycles. The molecule has 3 aliphatic carbocycles. The van der Waals surface area contributed by atoms with Gasteiger partial charge < -0.3 is 39.4 Å². The van der Waals surface area contributed by atoms with Crippen molar-refractivity contribution >= 4 is 29.8 Å². The van der Waals surface area contributed by atoms with Gasteiger partial charge in [-0.1, -0.05) is 101 Å². The van der Waals surface area contributed by atoms with E-state index in [9.17, 15) is 19.5 Å². The number of hydroxylamine groups is 2. The molecule has 11 atom stereocenters. The van der Waals surface area contributed by atoms with Gasteiger partial charge >= 0.3 is 11.9 Å². The van der Waals surface area contributed by atoms with Crippen molar-refractivity contribution < 1.29 is 52.8 Å². The largest absolute Gasteiger partial charge is 0.460 e. The van der Waals surface area contributed by atoms with E-state index in [1.807, 2.05) is 6.07 Å². The fourth-order valence-corrected chi connectivity index (χ4v) is 13.3. The molecule has 2 amide bonds. The number of hydrogen-bond donors (Lipinski definition) is 3. The lowest BCUT2D eigenvalue weighted by Crippen LogP contribution is -2.69. The monoisotopic (exact) mass is 1010 g/mol. The Kier molecular flexibility index (Phi) is 15.8. The van der Waals surface area contributed by atoms with Gasteiger partial charge in [0.25, 0.3) is 5.91 Å². The van der Waals surface area contributed by atoms with Crippen molar-refractivity contribution in [1.29, 1.82) is 0 Å². The number of aliphatic hydroxyl groups excluding tert-OH is 1. The van der Waals surface area contributed by atoms with Gasteiger partial charge in [0, 0.05) is 37.8 Å². The maximum Gasteiger partial charge on any atom is 0.327 e. The van der Waals surface area contributed by atoms with Gasteiger partial charge in [-0.3, -0.25) is 24.0 Å². The van der Waals surface area contributed by atoms with Crippen molar-refractivity contribution in [3.05, 3.63) is 76.4 Å². The summed E-state index contributed by atoms with van der Waals surface area (Å²) in [4.78, 5) is 62.6. The molecule has 4 saturated heterocycles. The molecule has 2 aromatic rings. The molecule has 0 aromatic heterocycles. The van der Waals surface area contributed by atoms with E-state index in [1.165, 1.54) is 18.4 Å². The molecule has 3 N–H and O–H groups in total. The molecule has 11 unspecified atom stereocenters. The summed E-state index contributed by atoms with van der Waals surface area (Å²) in [6, 6.07) is 13.7. The summed E-state index contributed by atoms with van der Waals surface area (Å²) in [5, 5.41) is 17.7. The number of unbranched alkanes of at least 4 members (excludes halogenated alkanes) is 4. The number of fused-ring (bicyclic) bond motifs is 6. The molecular weight excluding hydrogens is 927 g/mol. The summed E-state index contributed by atoms with van der Waals surface area (Å²) < 4.78 is 32.1. The van der Waals surface area contributed by atoms with Crippen LogP contribution in [0.3, 0.4) is 0 Å². The van der Waals surface area contributed by atoms with Crippen LogP contribution in [0.15, 0.2) is 54.1 Å². The van der Waals surface area contributed by atoms with Crippen molar-refractivity contribution in [2.45, 2.75) is 231 Å². The van der Waals surface area contributed by atoms with Crippen LogP contribution in [0.25, 0.3) is 6.08 Å². The maximum absolute atomic E-state index is 15.3. The number of aliphatic hydroxyl groups is 1. The predicted molar refractivity (Wildman–Crippen MR) is 275 cm³/mol. The average Bonchev–Trinajstić information content (AvgIpc) is 3.62. The zero-order valence-electron chi connectivity index (χ0n) is 44.8. The minimum Gasteiger partial charge on any atom is -0.460 e. The SMILES string of the molecule is CCCCCC1(CCCCC)OC2C3CC4(C(=O)NCc5cccc(C(=O)NC(CO)CCC(=O)OC(C)(C)C)c5)C(ON(Cc5ccc(C=C6CCC7OC7(C)CCC7C6CC7(C)C)cc5)C4C(=O)O3)C2O1. The Bertz CT molecular complexity index is 2350. The Hall–Kier alpha value is -4.18. The van der Waals surface area contributed by atoms with Crippen LogP contribution in [0.1, 0.15) is 185 Å². The first-order valence-corrected chi connectivity index (χ1v) is 27.8. The summed E-state index contributed by atoms with van der Waals surface area (Å²) in [7, 11) is 0. The molecule has 0 radical (unpaired) electrons. The number of rotatable bonds is 20. The molecule has 14 heteroatoms. The number of nitrogens with one attached hydrogen (secondary N) is 2. The highest BCUT2D eigenvalue weighted by atomic mass is 16.8. The van der Waals surface area contributed by atoms with Crippen LogP contribution in [-0.4, -0.2) is 100 Å². The zero-order valence-corrected chi connectivity index (χ0v) is 44.8. The van der Waals surface area contributed by atoms with Gasteiger partial charge in [0.15, 0.2) is 11.8 Å². The molecule has 3 saturated carbocycles. The van der Waals surface area contributed by atoms with E-state index in [0.29, 0.717) is 47.3 Å². The van der Waals surface area contributed by atoms with Crippen LogP contribution >= 0.6 is 0 Å². The third-order valence-corrected chi connectivity index (χ3v) is 17.4. The number of allylic oxidation sites excluding steroid dienone is 1. The number of carbonyl (C=O) groups excluding carboxylic acids is 4. The second-order valence-corrected chi connectivity index (χ2v) is 24.4. The number of ether oxygens (including phenoxy) is 5. The van der Waals surface area contributed by atoms with Crippen LogP contribution in [0.4, 0.5) is 0 Å². The average molecular weight is 1010 g/mol. The second-order valence-electron chi connectivity index (χ2n) is 24.4. The second kappa shape index (κ2) is 21.4. The third-order valence-electron chi connectivity index (χ3n) is 17.4. The Morgan fingerprint density at radius 3 is 2.33 bits per heavy atom. The fraction of sp³-hybridized carbons (Fsp3) is 0.695. The minimum absolute atomic E-state index is 0.0311. The summed E-state index contributed by atoms with van der Waals surface area (Å²) in [5.41, 5.74) is 2.92. The molecule has 2 bridgehead atoms. The lowest BCUT2D eigenvalue weighted by molar-refractivity contribution is -0.224. The Balaban J connectivity index is 0.946. The van der Waals surface area contributed by atoms with Crippen LogP contribution in [0.5, 0.6) is 0 Å². The summed E-state index contributed by atoms with van der Waals surface area (Å²) in [5.74, 6) is -1.38. The number of nitrogens with zero attached hydrogens (tertiary/aromatic N) is 1. The van der Waals surface area contributed by atoms with Crippen LogP contribution < -0.4 is 10.6 Å². The van der Waals surface area contributed by atoms with Crippen LogP contribution in [-0.2, 0) is 56.0 Å². The molecule has 400 valence electrons. The molecule has 14 nitrogen and oxygen atoms in total. The van der Waals surface area contributed by atoms with E-state index >= 15 is 4.79 Å². The number of carbonyl (C=O) groups is 4. The molecule has 7 aliphatic rings. The smallest absolute Gasteiger partial charge is 0.327 e. The van der Waals surface area contributed by atoms with Gasteiger partial charge in [-0.15, -0.1) is 0 Å². The van der Waals surface area contributed by atoms with Crippen molar-refractivity contribution in [2.75, 3.05) is 6.61 Å². The van der Waals surface area contributed by atoms with E-state index in [-0.39, 0.29) is 50.5 Å². The lowest BCUT2D eigenvalue weighted by atomic mass is 9.52.